The standard InChI is InChI=1S/C6H12O6.CHN/c7-1-3(9)5(11)6(12)4(10)2-8;1-2/h1,3-6,8-12H,2H2;1H/t3-,4-,5-,6-;/m1./s1. The molecule has 7 heteroatoms. The minimum absolute atomic E-state index is 0.0258. The summed E-state index contributed by atoms with van der Waals surface area (Å²) in [5.74, 6) is 0. The molecule has 0 saturated heterocycles. The molecule has 0 aromatic rings. The summed E-state index contributed by atoms with van der Waals surface area (Å²) in [6, 6.07) is 0. The minimum atomic E-state index is -1.79. The predicted molar refractivity (Wildman–Crippen MR) is 43.8 cm³/mol. The number of carbonyl (C=O) groups is 1. The van der Waals surface area contributed by atoms with Gasteiger partial charge in [0.2, 0.25) is 0 Å². The van der Waals surface area contributed by atoms with Crippen LogP contribution < -0.4 is 0 Å². The number of nitrogens with zero attached hydrogens (tertiary/aromatic N) is 1. The van der Waals surface area contributed by atoms with E-state index in [4.69, 9.17) is 30.8 Å². The van der Waals surface area contributed by atoms with Gasteiger partial charge < -0.3 is 30.3 Å². The summed E-state index contributed by atoms with van der Waals surface area (Å²) in [5, 5.41) is 50.0. The second-order valence-corrected chi connectivity index (χ2v) is 2.36. The van der Waals surface area contributed by atoms with Crippen molar-refractivity contribution in [3.05, 3.63) is 0 Å². The molecule has 0 aromatic heterocycles. The Morgan fingerprint density at radius 1 is 1.14 bits per heavy atom. The fourth-order valence-electron chi connectivity index (χ4n) is 0.618. The topological polar surface area (TPSA) is 142 Å². The molecule has 82 valence electrons. The summed E-state index contributed by atoms with van der Waals surface area (Å²) >= 11 is 0. The molecule has 5 N–H and O–H groups in total. The second-order valence-electron chi connectivity index (χ2n) is 2.36. The normalized spacial score (nSPS) is 18.2. The van der Waals surface area contributed by atoms with Crippen LogP contribution in [-0.2, 0) is 4.79 Å². The number of nitriles is 1. The first-order valence-corrected chi connectivity index (χ1v) is 3.58. The molecule has 0 amide bonds. The van der Waals surface area contributed by atoms with Crippen LogP contribution in [0.15, 0.2) is 0 Å². The first kappa shape index (κ1) is 15.4. The van der Waals surface area contributed by atoms with E-state index in [-0.39, 0.29) is 6.29 Å². The van der Waals surface area contributed by atoms with Crippen molar-refractivity contribution in [1.29, 1.82) is 5.26 Å². The SMILES string of the molecule is C#N.O=C[C@@H](O)[C@@H](O)[C@H](O)[C@H](O)CO. The first-order chi connectivity index (χ1) is 6.54. The van der Waals surface area contributed by atoms with Crippen molar-refractivity contribution in [3.8, 4) is 6.57 Å². The van der Waals surface area contributed by atoms with Gasteiger partial charge in [0.15, 0.2) is 6.29 Å². The average Bonchev–Trinajstić information content (AvgIpc) is 2.27. The Labute approximate surface area is 80.5 Å². The maximum Gasteiger partial charge on any atom is 0.151 e. The zero-order chi connectivity index (χ0) is 11.7. The van der Waals surface area contributed by atoms with E-state index in [9.17, 15) is 4.79 Å². The highest BCUT2D eigenvalue weighted by molar-refractivity contribution is 5.56. The van der Waals surface area contributed by atoms with E-state index in [0.29, 0.717) is 0 Å². The highest BCUT2D eigenvalue weighted by Crippen LogP contribution is 2.02. The van der Waals surface area contributed by atoms with Gasteiger partial charge in [0.25, 0.3) is 0 Å². The Morgan fingerprint density at radius 2 is 1.57 bits per heavy atom. The van der Waals surface area contributed by atoms with Crippen LogP contribution in [0, 0.1) is 11.8 Å². The van der Waals surface area contributed by atoms with Crippen LogP contribution in [0.4, 0.5) is 0 Å². The Morgan fingerprint density at radius 3 is 1.86 bits per heavy atom. The van der Waals surface area contributed by atoms with Crippen molar-refractivity contribution in [2.24, 2.45) is 0 Å². The van der Waals surface area contributed by atoms with Gasteiger partial charge in [0, 0.05) is 6.57 Å². The molecule has 0 radical (unpaired) electrons. The molecule has 0 saturated carbocycles. The van der Waals surface area contributed by atoms with Gasteiger partial charge in [-0.1, -0.05) is 0 Å². The third kappa shape index (κ3) is 4.86. The highest BCUT2D eigenvalue weighted by atomic mass is 16.4. The van der Waals surface area contributed by atoms with E-state index >= 15 is 0 Å². The fourth-order valence-corrected chi connectivity index (χ4v) is 0.618. The van der Waals surface area contributed by atoms with Gasteiger partial charge in [0.05, 0.1) is 6.61 Å². The number of carbonyl (C=O) groups excluding carboxylic acids is 1. The summed E-state index contributed by atoms with van der Waals surface area (Å²) in [4.78, 5) is 9.90. The lowest BCUT2D eigenvalue weighted by Crippen LogP contribution is -2.46. The van der Waals surface area contributed by atoms with Crippen LogP contribution in [0.3, 0.4) is 0 Å². The summed E-state index contributed by atoms with van der Waals surface area (Å²) in [6.07, 6.45) is -6.84. The summed E-state index contributed by atoms with van der Waals surface area (Å²) in [5.41, 5.74) is 0. The van der Waals surface area contributed by atoms with Crippen LogP contribution in [0.5, 0.6) is 0 Å². The molecule has 0 unspecified atom stereocenters. The maximum atomic E-state index is 9.90. The minimum Gasteiger partial charge on any atom is -0.394 e. The molecular weight excluding hydrogens is 194 g/mol. The predicted octanol–water partition coefficient (Wildman–Crippen LogP) is -3.24. The van der Waals surface area contributed by atoms with Crippen LogP contribution in [-0.4, -0.2) is 62.8 Å². The van der Waals surface area contributed by atoms with Crippen molar-refractivity contribution in [1.82, 2.24) is 0 Å². The van der Waals surface area contributed by atoms with Gasteiger partial charge in [0.1, 0.15) is 24.4 Å². The molecular formula is C7H13NO6. The van der Waals surface area contributed by atoms with Crippen LogP contribution >= 0.6 is 0 Å². The number of hydrogen-bond acceptors (Lipinski definition) is 7. The lowest BCUT2D eigenvalue weighted by atomic mass is 10.0. The molecule has 7 nitrogen and oxygen atoms in total. The molecule has 0 aliphatic rings. The molecule has 0 aromatic carbocycles. The van der Waals surface area contributed by atoms with Gasteiger partial charge >= 0.3 is 0 Å². The summed E-state index contributed by atoms with van der Waals surface area (Å²) in [7, 11) is 0. The van der Waals surface area contributed by atoms with Crippen molar-refractivity contribution >= 4 is 6.29 Å². The zero-order valence-electron chi connectivity index (χ0n) is 7.26. The Kier molecular flexibility index (Phi) is 9.43. The Hall–Kier alpha value is -1.04. The lowest BCUT2D eigenvalue weighted by molar-refractivity contribution is -0.136. The summed E-state index contributed by atoms with van der Waals surface area (Å²) in [6.45, 7) is 2.74. The number of aliphatic hydroxyl groups excluding tert-OH is 5. The van der Waals surface area contributed by atoms with Gasteiger partial charge in [-0.05, 0) is 0 Å². The number of aldehydes is 1. The third-order valence-corrected chi connectivity index (χ3v) is 1.42. The number of aliphatic hydroxyl groups is 5. The molecule has 0 aliphatic carbocycles. The molecule has 14 heavy (non-hydrogen) atoms. The molecule has 0 rings (SSSR count). The molecule has 0 aliphatic heterocycles. The Bertz CT molecular complexity index is 173. The molecule has 0 spiro atoms. The van der Waals surface area contributed by atoms with E-state index < -0.39 is 31.0 Å². The summed E-state index contributed by atoms with van der Waals surface area (Å²) < 4.78 is 0. The number of rotatable bonds is 5. The monoisotopic (exact) mass is 207 g/mol. The highest BCUT2D eigenvalue weighted by Gasteiger charge is 2.29. The largest absolute Gasteiger partial charge is 0.394 e. The van der Waals surface area contributed by atoms with E-state index in [1.807, 2.05) is 0 Å². The molecule has 0 fully saturated rings. The second kappa shape index (κ2) is 8.55. The van der Waals surface area contributed by atoms with Gasteiger partial charge in [-0.25, -0.2) is 5.26 Å². The first-order valence-electron chi connectivity index (χ1n) is 3.58. The van der Waals surface area contributed by atoms with Crippen molar-refractivity contribution < 1.29 is 30.3 Å². The average molecular weight is 207 g/mol. The van der Waals surface area contributed by atoms with E-state index in [1.54, 1.807) is 0 Å². The van der Waals surface area contributed by atoms with Gasteiger partial charge in [-0.3, -0.25) is 0 Å². The smallest absolute Gasteiger partial charge is 0.151 e. The van der Waals surface area contributed by atoms with Gasteiger partial charge in [-0.15, -0.1) is 0 Å². The van der Waals surface area contributed by atoms with Crippen LogP contribution in [0.1, 0.15) is 0 Å². The third-order valence-electron chi connectivity index (χ3n) is 1.42. The molecule has 4 atom stereocenters. The van der Waals surface area contributed by atoms with E-state index in [1.165, 1.54) is 0 Å². The van der Waals surface area contributed by atoms with Crippen LogP contribution in [0.2, 0.25) is 0 Å². The van der Waals surface area contributed by atoms with Gasteiger partial charge in [-0.2, -0.15) is 0 Å². The zero-order valence-corrected chi connectivity index (χ0v) is 7.26. The molecule has 0 bridgehead atoms. The Balaban J connectivity index is 0. The quantitative estimate of drug-likeness (QED) is 0.298. The van der Waals surface area contributed by atoms with Crippen molar-refractivity contribution in [2.75, 3.05) is 6.61 Å². The fraction of sp³-hybridized carbons (Fsp3) is 0.714. The van der Waals surface area contributed by atoms with Crippen molar-refractivity contribution in [3.63, 3.8) is 0 Å². The van der Waals surface area contributed by atoms with E-state index in [2.05, 4.69) is 6.57 Å². The lowest BCUT2D eigenvalue weighted by Gasteiger charge is -2.22. The van der Waals surface area contributed by atoms with Crippen molar-refractivity contribution in [2.45, 2.75) is 24.4 Å². The van der Waals surface area contributed by atoms with Crippen LogP contribution in [0.25, 0.3) is 0 Å². The maximum absolute atomic E-state index is 9.90. The number of hydrogen-bond donors (Lipinski definition) is 5. The van der Waals surface area contributed by atoms with E-state index in [0.717, 1.165) is 0 Å². The molecule has 0 heterocycles.